The van der Waals surface area contributed by atoms with Crippen LogP contribution < -0.4 is 5.73 Å². The normalized spacial score (nSPS) is 20.3. The molecule has 3 heterocycles. The SMILES string of the molecule is Cn1cc([C@H]2CN(C(=O)c3cccc4[nH]ccc34)C[C@@H]2C(N)=O)cn1. The van der Waals surface area contributed by atoms with Crippen LogP contribution in [-0.2, 0) is 11.8 Å². The van der Waals surface area contributed by atoms with E-state index in [1.165, 1.54) is 0 Å². The smallest absolute Gasteiger partial charge is 0.254 e. The van der Waals surface area contributed by atoms with Crippen LogP contribution in [0.3, 0.4) is 0 Å². The Hall–Kier alpha value is -3.09. The summed E-state index contributed by atoms with van der Waals surface area (Å²) >= 11 is 0. The van der Waals surface area contributed by atoms with Crippen LogP contribution in [0.25, 0.3) is 10.9 Å². The van der Waals surface area contributed by atoms with Crippen molar-refractivity contribution < 1.29 is 9.59 Å². The monoisotopic (exact) mass is 337 g/mol. The van der Waals surface area contributed by atoms with Crippen molar-refractivity contribution >= 4 is 22.7 Å². The molecule has 25 heavy (non-hydrogen) atoms. The lowest BCUT2D eigenvalue weighted by Gasteiger charge is -2.16. The second kappa shape index (κ2) is 5.77. The van der Waals surface area contributed by atoms with Crippen molar-refractivity contribution in [1.82, 2.24) is 19.7 Å². The number of primary amides is 1. The fraction of sp³-hybridized carbons (Fsp3) is 0.278. The number of benzene rings is 1. The predicted molar refractivity (Wildman–Crippen MR) is 92.8 cm³/mol. The molecular formula is C18H19N5O2. The molecule has 1 aliphatic rings. The first-order chi connectivity index (χ1) is 12.0. The van der Waals surface area contributed by atoms with Gasteiger partial charge in [0.1, 0.15) is 0 Å². The summed E-state index contributed by atoms with van der Waals surface area (Å²) in [6.07, 6.45) is 5.43. The number of carbonyl (C=O) groups is 2. The maximum absolute atomic E-state index is 13.0. The van der Waals surface area contributed by atoms with Crippen molar-refractivity contribution in [1.29, 1.82) is 0 Å². The lowest BCUT2D eigenvalue weighted by atomic mass is 9.90. The molecule has 128 valence electrons. The highest BCUT2D eigenvalue weighted by Crippen LogP contribution is 2.33. The molecule has 1 aliphatic heterocycles. The lowest BCUT2D eigenvalue weighted by Crippen LogP contribution is -2.32. The van der Waals surface area contributed by atoms with Gasteiger partial charge in [0.25, 0.3) is 5.91 Å². The number of aromatic amines is 1. The van der Waals surface area contributed by atoms with Gasteiger partial charge in [-0.1, -0.05) is 6.07 Å². The molecule has 2 amide bonds. The van der Waals surface area contributed by atoms with Crippen LogP contribution in [0.2, 0.25) is 0 Å². The van der Waals surface area contributed by atoms with Gasteiger partial charge in [0.2, 0.25) is 5.91 Å². The van der Waals surface area contributed by atoms with Crippen LogP contribution in [0.4, 0.5) is 0 Å². The molecule has 4 rings (SSSR count). The number of H-pyrrole nitrogens is 1. The summed E-state index contributed by atoms with van der Waals surface area (Å²) in [7, 11) is 1.83. The Morgan fingerprint density at radius 2 is 2.12 bits per heavy atom. The van der Waals surface area contributed by atoms with Crippen LogP contribution in [0.15, 0.2) is 42.9 Å². The van der Waals surface area contributed by atoms with Gasteiger partial charge in [-0.15, -0.1) is 0 Å². The van der Waals surface area contributed by atoms with Crippen molar-refractivity contribution in [2.45, 2.75) is 5.92 Å². The van der Waals surface area contributed by atoms with Gasteiger partial charge in [-0.3, -0.25) is 14.3 Å². The van der Waals surface area contributed by atoms with Crippen molar-refractivity contribution in [2.24, 2.45) is 18.7 Å². The molecule has 3 aromatic rings. The Labute approximate surface area is 144 Å². The zero-order chi connectivity index (χ0) is 17.6. The van der Waals surface area contributed by atoms with Crippen LogP contribution in [-0.4, -0.2) is 44.6 Å². The van der Waals surface area contributed by atoms with Crippen LogP contribution in [0.5, 0.6) is 0 Å². The summed E-state index contributed by atoms with van der Waals surface area (Å²) < 4.78 is 1.69. The highest BCUT2D eigenvalue weighted by atomic mass is 16.2. The predicted octanol–water partition coefficient (Wildman–Crippen LogP) is 1.24. The van der Waals surface area contributed by atoms with E-state index in [0.29, 0.717) is 18.7 Å². The summed E-state index contributed by atoms with van der Waals surface area (Å²) in [6, 6.07) is 7.49. The number of carbonyl (C=O) groups excluding carboxylic acids is 2. The number of hydrogen-bond acceptors (Lipinski definition) is 3. The van der Waals surface area contributed by atoms with Crippen LogP contribution in [0.1, 0.15) is 21.8 Å². The minimum atomic E-state index is -0.404. The Balaban J connectivity index is 1.66. The molecule has 1 aromatic carbocycles. The van der Waals surface area contributed by atoms with Gasteiger partial charge in [0.15, 0.2) is 0 Å². The van der Waals surface area contributed by atoms with Gasteiger partial charge in [-0.25, -0.2) is 0 Å². The average Bonchev–Trinajstić information content (AvgIpc) is 3.31. The third-order valence-corrected chi connectivity index (χ3v) is 4.95. The minimum absolute atomic E-state index is 0.0807. The molecule has 0 aliphatic carbocycles. The fourth-order valence-electron chi connectivity index (χ4n) is 3.67. The first kappa shape index (κ1) is 15.4. The van der Waals surface area contributed by atoms with E-state index in [0.717, 1.165) is 16.5 Å². The number of rotatable bonds is 3. The molecule has 1 fully saturated rings. The standard InChI is InChI=1S/C18H19N5O2/c1-22-8-11(7-21-22)14-9-23(10-15(14)17(19)24)18(25)13-3-2-4-16-12(13)5-6-20-16/h2-8,14-15,20H,9-10H2,1H3,(H2,19,24)/t14-,15+/m1/s1. The Kier molecular flexibility index (Phi) is 3.56. The third kappa shape index (κ3) is 2.57. The molecule has 0 spiro atoms. The maximum atomic E-state index is 13.0. The second-order valence-corrected chi connectivity index (χ2v) is 6.52. The van der Waals surface area contributed by atoms with Crippen LogP contribution >= 0.6 is 0 Å². The van der Waals surface area contributed by atoms with E-state index in [9.17, 15) is 9.59 Å². The molecule has 2 atom stereocenters. The molecular weight excluding hydrogens is 318 g/mol. The number of nitrogens with two attached hydrogens (primary N) is 1. The molecule has 0 saturated carbocycles. The highest BCUT2D eigenvalue weighted by Gasteiger charge is 2.40. The molecule has 0 bridgehead atoms. The lowest BCUT2D eigenvalue weighted by molar-refractivity contribution is -0.121. The van der Waals surface area contributed by atoms with E-state index in [2.05, 4.69) is 10.1 Å². The number of amides is 2. The van der Waals surface area contributed by atoms with E-state index in [1.807, 2.05) is 43.7 Å². The molecule has 7 heteroatoms. The molecule has 0 radical (unpaired) electrons. The number of nitrogens with zero attached hydrogens (tertiary/aromatic N) is 3. The number of aryl methyl sites for hydroxylation is 1. The van der Waals surface area contributed by atoms with E-state index in [4.69, 9.17) is 5.73 Å². The molecule has 2 aromatic heterocycles. The summed E-state index contributed by atoms with van der Waals surface area (Å²) in [4.78, 5) is 29.8. The number of fused-ring (bicyclic) bond motifs is 1. The zero-order valence-corrected chi connectivity index (χ0v) is 13.8. The number of likely N-dealkylation sites (tertiary alicyclic amines) is 1. The molecule has 7 nitrogen and oxygen atoms in total. The Bertz CT molecular complexity index is 957. The summed E-state index contributed by atoms with van der Waals surface area (Å²) in [5.41, 5.74) is 8.08. The van der Waals surface area contributed by atoms with Crippen molar-refractivity contribution in [3.8, 4) is 0 Å². The van der Waals surface area contributed by atoms with Gasteiger partial charge in [-0.2, -0.15) is 5.10 Å². The van der Waals surface area contributed by atoms with Crippen LogP contribution in [0, 0.1) is 5.92 Å². The molecule has 1 saturated heterocycles. The zero-order valence-electron chi connectivity index (χ0n) is 13.8. The number of aromatic nitrogens is 3. The molecule has 3 N–H and O–H groups in total. The second-order valence-electron chi connectivity index (χ2n) is 6.52. The van der Waals surface area contributed by atoms with Crippen molar-refractivity contribution in [3.05, 3.63) is 54.0 Å². The molecule has 0 unspecified atom stereocenters. The van der Waals surface area contributed by atoms with Crippen molar-refractivity contribution in [2.75, 3.05) is 13.1 Å². The van der Waals surface area contributed by atoms with Gasteiger partial charge in [-0.05, 0) is 23.8 Å². The van der Waals surface area contributed by atoms with Crippen molar-refractivity contribution in [3.63, 3.8) is 0 Å². The summed E-state index contributed by atoms with van der Waals surface area (Å²) in [5, 5.41) is 5.06. The topological polar surface area (TPSA) is 97.0 Å². The first-order valence-corrected chi connectivity index (χ1v) is 8.18. The largest absolute Gasteiger partial charge is 0.369 e. The van der Waals surface area contributed by atoms with E-state index >= 15 is 0 Å². The van der Waals surface area contributed by atoms with Gasteiger partial charge in [0, 0.05) is 54.9 Å². The quantitative estimate of drug-likeness (QED) is 0.752. The minimum Gasteiger partial charge on any atom is -0.369 e. The van der Waals surface area contributed by atoms with E-state index < -0.39 is 5.92 Å². The number of nitrogens with one attached hydrogen (secondary N) is 1. The van der Waals surface area contributed by atoms with E-state index in [1.54, 1.807) is 15.8 Å². The Morgan fingerprint density at radius 3 is 2.84 bits per heavy atom. The highest BCUT2D eigenvalue weighted by molar-refractivity contribution is 6.06. The third-order valence-electron chi connectivity index (χ3n) is 4.95. The van der Waals surface area contributed by atoms with Gasteiger partial charge < -0.3 is 15.6 Å². The summed E-state index contributed by atoms with van der Waals surface area (Å²) in [6.45, 7) is 0.785. The maximum Gasteiger partial charge on any atom is 0.254 e. The van der Waals surface area contributed by atoms with Gasteiger partial charge in [0.05, 0.1) is 12.1 Å². The Morgan fingerprint density at radius 1 is 1.28 bits per heavy atom. The van der Waals surface area contributed by atoms with Gasteiger partial charge >= 0.3 is 0 Å². The number of hydrogen-bond donors (Lipinski definition) is 2. The van der Waals surface area contributed by atoms with E-state index in [-0.39, 0.29) is 17.7 Å². The fourth-order valence-corrected chi connectivity index (χ4v) is 3.67. The first-order valence-electron chi connectivity index (χ1n) is 8.18. The summed E-state index contributed by atoms with van der Waals surface area (Å²) in [5.74, 6) is -0.994. The average molecular weight is 337 g/mol.